The van der Waals surface area contributed by atoms with E-state index in [1.807, 2.05) is 0 Å². The van der Waals surface area contributed by atoms with E-state index in [4.69, 9.17) is 5.14 Å². The van der Waals surface area contributed by atoms with E-state index in [-0.39, 0.29) is 16.3 Å². The summed E-state index contributed by atoms with van der Waals surface area (Å²) >= 11 is 0. The quantitative estimate of drug-likeness (QED) is 0.504. The van der Waals surface area contributed by atoms with E-state index >= 15 is 0 Å². The monoisotopic (exact) mass is 382 g/mol. The average Bonchev–Trinajstić information content (AvgIpc) is 2.86. The highest BCUT2D eigenvalue weighted by Gasteiger charge is 2.15. The number of nitrogens with one attached hydrogen (secondary N) is 3. The Morgan fingerprint density at radius 3 is 2.20 bits per heavy atom. The highest BCUT2D eigenvalue weighted by molar-refractivity contribution is 7.92. The lowest BCUT2D eigenvalue weighted by molar-refractivity contribution is 0.596. The molecule has 0 saturated heterocycles. The number of sulfonamides is 2. The van der Waals surface area contributed by atoms with Gasteiger partial charge in [0.05, 0.1) is 21.7 Å². The Hall–Kier alpha value is -2.63. The summed E-state index contributed by atoms with van der Waals surface area (Å²) in [5.41, 5.74) is 1.15. The molecule has 0 fully saturated rings. The predicted molar refractivity (Wildman–Crippen MR) is 93.0 cm³/mol. The zero-order chi connectivity index (χ0) is 18.2. The van der Waals surface area contributed by atoms with Crippen LogP contribution in [-0.4, -0.2) is 26.8 Å². The van der Waals surface area contributed by atoms with Gasteiger partial charge in [0, 0.05) is 5.69 Å². The highest BCUT2D eigenvalue weighted by atomic mass is 32.2. The number of hydrogen-bond donors (Lipinski definition) is 4. The number of H-pyrrole nitrogens is 2. The molecule has 0 unspecified atom stereocenters. The van der Waals surface area contributed by atoms with Gasteiger partial charge < -0.3 is 9.97 Å². The molecule has 9 nitrogen and oxygen atoms in total. The van der Waals surface area contributed by atoms with Crippen molar-refractivity contribution in [2.75, 3.05) is 4.72 Å². The molecule has 25 heavy (non-hydrogen) atoms. The smallest absolute Gasteiger partial charge is 0.306 e. The SMILES string of the molecule is NS(=O)(=O)Cc1ccc(NS(=O)(=O)c2ccc3[nH]c(=O)[nH]c3c2)cc1. The topological polar surface area (TPSA) is 155 Å². The van der Waals surface area contributed by atoms with Crippen LogP contribution in [0.5, 0.6) is 0 Å². The van der Waals surface area contributed by atoms with Crippen molar-refractivity contribution < 1.29 is 16.8 Å². The van der Waals surface area contributed by atoms with Gasteiger partial charge in [0.25, 0.3) is 10.0 Å². The van der Waals surface area contributed by atoms with Gasteiger partial charge in [-0.05, 0) is 35.9 Å². The molecule has 0 radical (unpaired) electrons. The first kappa shape index (κ1) is 17.2. The molecule has 0 aliphatic heterocycles. The maximum absolute atomic E-state index is 12.4. The van der Waals surface area contributed by atoms with Gasteiger partial charge in [0.15, 0.2) is 0 Å². The van der Waals surface area contributed by atoms with Gasteiger partial charge in [-0.25, -0.2) is 26.8 Å². The maximum Gasteiger partial charge on any atom is 0.323 e. The van der Waals surface area contributed by atoms with E-state index in [9.17, 15) is 21.6 Å². The number of primary sulfonamides is 1. The van der Waals surface area contributed by atoms with Crippen molar-refractivity contribution in [3.8, 4) is 0 Å². The largest absolute Gasteiger partial charge is 0.323 e. The Balaban J connectivity index is 1.86. The molecule has 2 aromatic carbocycles. The summed E-state index contributed by atoms with van der Waals surface area (Å²) in [6, 6.07) is 10.00. The van der Waals surface area contributed by atoms with Crippen LogP contribution in [0.1, 0.15) is 5.56 Å². The normalized spacial score (nSPS) is 12.4. The molecule has 0 bridgehead atoms. The van der Waals surface area contributed by atoms with Crippen molar-refractivity contribution >= 4 is 36.8 Å². The van der Waals surface area contributed by atoms with Crippen LogP contribution >= 0.6 is 0 Å². The zero-order valence-electron chi connectivity index (χ0n) is 12.7. The molecule has 132 valence electrons. The third-order valence-electron chi connectivity index (χ3n) is 3.37. The lowest BCUT2D eigenvalue weighted by Gasteiger charge is -2.09. The molecule has 11 heteroatoms. The Morgan fingerprint density at radius 2 is 1.56 bits per heavy atom. The lowest BCUT2D eigenvalue weighted by atomic mass is 10.2. The minimum absolute atomic E-state index is 0.0242. The lowest BCUT2D eigenvalue weighted by Crippen LogP contribution is -2.15. The van der Waals surface area contributed by atoms with Crippen molar-refractivity contribution in [3.63, 3.8) is 0 Å². The van der Waals surface area contributed by atoms with Crippen molar-refractivity contribution in [3.05, 3.63) is 58.5 Å². The average molecular weight is 382 g/mol. The molecule has 3 rings (SSSR count). The van der Waals surface area contributed by atoms with Crippen molar-refractivity contribution in [2.45, 2.75) is 10.6 Å². The van der Waals surface area contributed by atoms with Crippen LogP contribution in [0.3, 0.4) is 0 Å². The third kappa shape index (κ3) is 4.07. The second kappa shape index (κ2) is 6.02. The number of imidazole rings is 1. The van der Waals surface area contributed by atoms with Crippen LogP contribution in [0.25, 0.3) is 11.0 Å². The van der Waals surface area contributed by atoms with Gasteiger partial charge in [-0.15, -0.1) is 0 Å². The molecular formula is C14H14N4O5S2. The van der Waals surface area contributed by atoms with E-state index in [1.54, 1.807) is 0 Å². The summed E-state index contributed by atoms with van der Waals surface area (Å²) in [6.45, 7) is 0. The second-order valence-electron chi connectivity index (χ2n) is 5.40. The van der Waals surface area contributed by atoms with Crippen LogP contribution in [-0.2, 0) is 25.8 Å². The number of nitrogens with two attached hydrogens (primary N) is 1. The van der Waals surface area contributed by atoms with Crippen LogP contribution in [0.4, 0.5) is 5.69 Å². The van der Waals surface area contributed by atoms with Crippen LogP contribution in [0.2, 0.25) is 0 Å². The molecule has 0 atom stereocenters. The summed E-state index contributed by atoms with van der Waals surface area (Å²) in [5.74, 6) is -0.336. The molecule has 0 amide bonds. The van der Waals surface area contributed by atoms with Crippen molar-refractivity contribution in [2.24, 2.45) is 5.14 Å². The maximum atomic E-state index is 12.4. The second-order valence-corrected chi connectivity index (χ2v) is 8.69. The number of anilines is 1. The predicted octanol–water partition coefficient (Wildman–Crippen LogP) is 0.445. The minimum atomic E-state index is -3.87. The number of hydrogen-bond acceptors (Lipinski definition) is 5. The Bertz CT molecular complexity index is 1190. The summed E-state index contributed by atoms with van der Waals surface area (Å²) < 4.78 is 49.4. The highest BCUT2D eigenvalue weighted by Crippen LogP contribution is 2.19. The first-order valence-corrected chi connectivity index (χ1v) is 10.2. The van der Waals surface area contributed by atoms with Crippen molar-refractivity contribution in [1.82, 2.24) is 9.97 Å². The van der Waals surface area contributed by atoms with E-state index in [2.05, 4.69) is 14.7 Å². The summed E-state index contributed by atoms with van der Waals surface area (Å²) in [7, 11) is -7.53. The Labute approximate surface area is 143 Å². The summed E-state index contributed by atoms with van der Waals surface area (Å²) in [5, 5.41) is 4.96. The van der Waals surface area contributed by atoms with E-state index < -0.39 is 25.7 Å². The summed E-state index contributed by atoms with van der Waals surface area (Å²) in [6.07, 6.45) is 0. The van der Waals surface area contributed by atoms with Gasteiger partial charge >= 0.3 is 5.69 Å². The zero-order valence-corrected chi connectivity index (χ0v) is 14.3. The van der Waals surface area contributed by atoms with Crippen molar-refractivity contribution in [1.29, 1.82) is 0 Å². The fourth-order valence-electron chi connectivity index (χ4n) is 2.29. The van der Waals surface area contributed by atoms with Gasteiger partial charge in [-0.3, -0.25) is 4.72 Å². The van der Waals surface area contributed by atoms with Crippen LogP contribution in [0.15, 0.2) is 52.2 Å². The van der Waals surface area contributed by atoms with Gasteiger partial charge in [0.1, 0.15) is 0 Å². The summed E-state index contributed by atoms with van der Waals surface area (Å²) in [4.78, 5) is 16.2. The third-order valence-corrected chi connectivity index (χ3v) is 5.49. The molecule has 0 aliphatic carbocycles. The molecule has 0 spiro atoms. The molecule has 1 aromatic heterocycles. The molecule has 1 heterocycles. The number of fused-ring (bicyclic) bond motifs is 1. The molecule has 0 aliphatic rings. The minimum Gasteiger partial charge on any atom is -0.306 e. The Morgan fingerprint density at radius 1 is 0.920 bits per heavy atom. The molecule has 5 N–H and O–H groups in total. The molecule has 0 saturated carbocycles. The van der Waals surface area contributed by atoms with Crippen LogP contribution < -0.4 is 15.6 Å². The number of benzene rings is 2. The number of aromatic amines is 2. The number of rotatable bonds is 5. The van der Waals surface area contributed by atoms with E-state index in [0.717, 1.165) is 0 Å². The fourth-order valence-corrected chi connectivity index (χ4v) is 4.04. The van der Waals surface area contributed by atoms with Gasteiger partial charge in [0.2, 0.25) is 10.0 Å². The fraction of sp³-hybridized carbons (Fsp3) is 0.0714. The number of aromatic nitrogens is 2. The Kier molecular flexibility index (Phi) is 4.14. The first-order chi connectivity index (χ1) is 11.6. The molecular weight excluding hydrogens is 368 g/mol. The van der Waals surface area contributed by atoms with E-state index in [0.29, 0.717) is 16.6 Å². The van der Waals surface area contributed by atoms with Crippen LogP contribution in [0, 0.1) is 0 Å². The van der Waals surface area contributed by atoms with E-state index in [1.165, 1.54) is 42.5 Å². The van der Waals surface area contributed by atoms with Gasteiger partial charge in [-0.2, -0.15) is 0 Å². The first-order valence-electron chi connectivity index (χ1n) is 6.97. The molecule has 3 aromatic rings. The standard InChI is InChI=1S/C14H14N4O5S2/c15-24(20,21)8-9-1-3-10(4-2-9)18-25(22,23)11-5-6-12-13(7-11)17-14(19)16-12/h1-7,18H,8H2,(H2,15,20,21)(H2,16,17,19). The van der Waals surface area contributed by atoms with Gasteiger partial charge in [-0.1, -0.05) is 12.1 Å².